The smallest absolute Gasteiger partial charge is 0.320 e. The van der Waals surface area contributed by atoms with E-state index in [4.69, 9.17) is 4.74 Å². The molecule has 0 spiro atoms. The largest absolute Gasteiger partial charge is 0.504 e. The van der Waals surface area contributed by atoms with E-state index in [1.807, 2.05) is 13.0 Å². The van der Waals surface area contributed by atoms with Crippen molar-refractivity contribution in [3.05, 3.63) is 35.9 Å². The van der Waals surface area contributed by atoms with Crippen LogP contribution in [0, 0.1) is 0 Å². The molecule has 0 aliphatic heterocycles. The van der Waals surface area contributed by atoms with E-state index in [2.05, 4.69) is 11.9 Å². The average Bonchev–Trinajstić information content (AvgIpc) is 2.49. The van der Waals surface area contributed by atoms with Crippen LogP contribution in [0.1, 0.15) is 37.3 Å². The van der Waals surface area contributed by atoms with Gasteiger partial charge in [0, 0.05) is 12.1 Å². The molecular weight excluding hydrogens is 282 g/mol. The summed E-state index contributed by atoms with van der Waals surface area (Å²) in [5.41, 5.74) is 1.58. The standard InChI is InChI=1S/C17H25NO4/c1-4-6-8-14(17(20)21)18-11-12-9-13(7-5-2)16(19)15(10-12)22-3/h5,9-10,14,18-19H,2,4,6-8,11H2,1,3H3,(H,20,21). The van der Waals surface area contributed by atoms with Gasteiger partial charge in [0.25, 0.3) is 0 Å². The number of phenolic OH excluding ortho intramolecular Hbond substituents is 1. The lowest BCUT2D eigenvalue weighted by atomic mass is 10.0. The molecular formula is C17H25NO4. The summed E-state index contributed by atoms with van der Waals surface area (Å²) in [5, 5.41) is 22.3. The van der Waals surface area contributed by atoms with Crippen LogP contribution in [0.4, 0.5) is 0 Å². The maximum Gasteiger partial charge on any atom is 0.320 e. The van der Waals surface area contributed by atoms with Crippen LogP contribution in [-0.4, -0.2) is 29.3 Å². The Kier molecular flexibility index (Phi) is 7.46. The van der Waals surface area contributed by atoms with E-state index in [0.717, 1.165) is 18.4 Å². The van der Waals surface area contributed by atoms with Gasteiger partial charge in [0.05, 0.1) is 7.11 Å². The van der Waals surface area contributed by atoms with Crippen molar-refractivity contribution >= 4 is 5.97 Å². The van der Waals surface area contributed by atoms with E-state index >= 15 is 0 Å². The molecule has 0 amide bonds. The summed E-state index contributed by atoms with van der Waals surface area (Å²) in [7, 11) is 1.49. The molecule has 5 nitrogen and oxygen atoms in total. The van der Waals surface area contributed by atoms with Gasteiger partial charge in [-0.15, -0.1) is 6.58 Å². The molecule has 3 N–H and O–H groups in total. The summed E-state index contributed by atoms with van der Waals surface area (Å²) in [6, 6.07) is 2.99. The predicted octanol–water partition coefficient (Wildman–Crippen LogP) is 2.86. The highest BCUT2D eigenvalue weighted by molar-refractivity contribution is 5.73. The summed E-state index contributed by atoms with van der Waals surface area (Å²) >= 11 is 0. The highest BCUT2D eigenvalue weighted by Gasteiger charge is 2.17. The lowest BCUT2D eigenvalue weighted by Crippen LogP contribution is -2.36. The Bertz CT molecular complexity index is 514. The first-order valence-corrected chi connectivity index (χ1v) is 7.49. The number of ether oxygens (including phenoxy) is 1. The van der Waals surface area contributed by atoms with Crippen molar-refractivity contribution in [2.75, 3.05) is 7.11 Å². The number of rotatable bonds is 10. The van der Waals surface area contributed by atoms with Gasteiger partial charge in [-0.25, -0.2) is 0 Å². The fraction of sp³-hybridized carbons (Fsp3) is 0.471. The summed E-state index contributed by atoms with van der Waals surface area (Å²) in [4.78, 5) is 11.2. The topological polar surface area (TPSA) is 78.8 Å². The van der Waals surface area contributed by atoms with Crippen LogP contribution in [0.5, 0.6) is 11.5 Å². The van der Waals surface area contributed by atoms with Crippen LogP contribution in [0.3, 0.4) is 0 Å². The third-order valence-electron chi connectivity index (χ3n) is 3.49. The fourth-order valence-electron chi connectivity index (χ4n) is 2.26. The summed E-state index contributed by atoms with van der Waals surface area (Å²) < 4.78 is 5.16. The minimum absolute atomic E-state index is 0.104. The molecule has 122 valence electrons. The molecule has 0 aliphatic carbocycles. The maximum absolute atomic E-state index is 11.2. The third kappa shape index (κ3) is 5.07. The number of allylic oxidation sites excluding steroid dienone is 1. The minimum atomic E-state index is -0.842. The van der Waals surface area contributed by atoms with Gasteiger partial charge in [0.2, 0.25) is 0 Å². The first-order chi connectivity index (χ1) is 10.5. The number of aliphatic carboxylic acids is 1. The number of methoxy groups -OCH3 is 1. The molecule has 1 atom stereocenters. The minimum Gasteiger partial charge on any atom is -0.504 e. The number of nitrogens with one attached hydrogen (secondary N) is 1. The molecule has 0 bridgehead atoms. The Morgan fingerprint density at radius 1 is 1.50 bits per heavy atom. The lowest BCUT2D eigenvalue weighted by Gasteiger charge is -2.16. The van der Waals surface area contributed by atoms with Gasteiger partial charge in [-0.05, 0) is 24.5 Å². The van der Waals surface area contributed by atoms with Crippen molar-refractivity contribution < 1.29 is 19.7 Å². The van der Waals surface area contributed by atoms with Crippen LogP contribution in [0.2, 0.25) is 0 Å². The van der Waals surface area contributed by atoms with Gasteiger partial charge in [-0.1, -0.05) is 31.9 Å². The van der Waals surface area contributed by atoms with E-state index in [9.17, 15) is 15.0 Å². The molecule has 1 rings (SSSR count). The Morgan fingerprint density at radius 2 is 2.23 bits per heavy atom. The van der Waals surface area contributed by atoms with Crippen LogP contribution in [0.15, 0.2) is 24.8 Å². The molecule has 0 heterocycles. The number of aromatic hydroxyl groups is 1. The monoisotopic (exact) mass is 307 g/mol. The number of carboxylic acid groups (broad SMARTS) is 1. The Hall–Kier alpha value is -2.01. The van der Waals surface area contributed by atoms with E-state index in [-0.39, 0.29) is 5.75 Å². The van der Waals surface area contributed by atoms with Gasteiger partial charge in [0.1, 0.15) is 6.04 Å². The quantitative estimate of drug-likeness (QED) is 0.579. The van der Waals surface area contributed by atoms with Crippen LogP contribution in [0.25, 0.3) is 0 Å². The van der Waals surface area contributed by atoms with Crippen molar-refractivity contribution in [3.63, 3.8) is 0 Å². The summed E-state index contributed by atoms with van der Waals surface area (Å²) in [6.07, 6.45) is 4.65. The number of carbonyl (C=O) groups is 1. The molecule has 5 heteroatoms. The SMILES string of the molecule is C=CCc1cc(CNC(CCCC)C(=O)O)cc(OC)c1O. The third-order valence-corrected chi connectivity index (χ3v) is 3.49. The van der Waals surface area contributed by atoms with Crippen molar-refractivity contribution in [2.45, 2.75) is 45.2 Å². The van der Waals surface area contributed by atoms with Gasteiger partial charge in [-0.3, -0.25) is 4.79 Å². The van der Waals surface area contributed by atoms with Gasteiger partial charge >= 0.3 is 5.97 Å². The predicted molar refractivity (Wildman–Crippen MR) is 86.3 cm³/mol. The molecule has 0 radical (unpaired) electrons. The molecule has 1 unspecified atom stereocenters. The first-order valence-electron chi connectivity index (χ1n) is 7.49. The highest BCUT2D eigenvalue weighted by Crippen LogP contribution is 2.32. The van der Waals surface area contributed by atoms with Gasteiger partial charge in [-0.2, -0.15) is 0 Å². The maximum atomic E-state index is 11.2. The summed E-state index contributed by atoms with van der Waals surface area (Å²) in [6.45, 7) is 6.11. The van der Waals surface area contributed by atoms with Crippen molar-refractivity contribution in [2.24, 2.45) is 0 Å². The zero-order valence-electron chi connectivity index (χ0n) is 13.3. The zero-order chi connectivity index (χ0) is 16.5. The van der Waals surface area contributed by atoms with Gasteiger partial charge < -0.3 is 20.3 Å². The second-order valence-electron chi connectivity index (χ2n) is 5.21. The van der Waals surface area contributed by atoms with E-state index < -0.39 is 12.0 Å². The zero-order valence-corrected chi connectivity index (χ0v) is 13.3. The molecule has 0 fully saturated rings. The molecule has 0 aliphatic rings. The van der Waals surface area contributed by atoms with Gasteiger partial charge in [0.15, 0.2) is 11.5 Å². The second-order valence-corrected chi connectivity index (χ2v) is 5.21. The Balaban J connectivity index is 2.85. The molecule has 22 heavy (non-hydrogen) atoms. The first kappa shape index (κ1) is 18.0. The number of carboxylic acids is 1. The van der Waals surface area contributed by atoms with E-state index in [1.165, 1.54) is 7.11 Å². The number of benzene rings is 1. The molecule has 0 saturated carbocycles. The van der Waals surface area contributed by atoms with E-state index in [1.54, 1.807) is 12.1 Å². The Labute approximate surface area is 131 Å². The molecule has 1 aromatic carbocycles. The Morgan fingerprint density at radius 3 is 2.77 bits per heavy atom. The number of phenols is 1. The van der Waals surface area contributed by atoms with Crippen LogP contribution in [-0.2, 0) is 17.8 Å². The van der Waals surface area contributed by atoms with Crippen molar-refractivity contribution in [3.8, 4) is 11.5 Å². The summed E-state index contributed by atoms with van der Waals surface area (Å²) in [5.74, 6) is -0.353. The average molecular weight is 307 g/mol. The van der Waals surface area contributed by atoms with Crippen LogP contribution < -0.4 is 10.1 Å². The number of hydrogen-bond acceptors (Lipinski definition) is 4. The van der Waals surface area contributed by atoms with Crippen molar-refractivity contribution in [1.82, 2.24) is 5.32 Å². The molecule has 0 aromatic heterocycles. The van der Waals surface area contributed by atoms with E-state index in [0.29, 0.717) is 30.7 Å². The number of hydrogen-bond donors (Lipinski definition) is 3. The number of unbranched alkanes of at least 4 members (excludes halogenated alkanes) is 1. The molecule has 0 saturated heterocycles. The normalized spacial score (nSPS) is 11.9. The fourth-order valence-corrected chi connectivity index (χ4v) is 2.26. The van der Waals surface area contributed by atoms with Crippen molar-refractivity contribution in [1.29, 1.82) is 0 Å². The highest BCUT2D eigenvalue weighted by atomic mass is 16.5. The lowest BCUT2D eigenvalue weighted by molar-refractivity contribution is -0.139. The molecule has 1 aromatic rings. The van der Waals surface area contributed by atoms with Crippen LogP contribution >= 0.6 is 0 Å². The second kappa shape index (κ2) is 9.10.